The number of carbonyl (C=O) groups excluding carboxylic acids is 1. The lowest BCUT2D eigenvalue weighted by atomic mass is 10.1. The fraction of sp³-hybridized carbons (Fsp3) is 0.0909. The molecule has 0 saturated heterocycles. The Morgan fingerprint density at radius 2 is 2.14 bits per heavy atom. The Labute approximate surface area is 170 Å². The molecule has 5 rings (SSSR count). The van der Waals surface area contributed by atoms with Crippen LogP contribution >= 0.6 is 11.3 Å². The highest BCUT2D eigenvalue weighted by atomic mass is 32.1. The maximum atomic E-state index is 12.8. The lowest BCUT2D eigenvalue weighted by Gasteiger charge is -2.10. The average Bonchev–Trinajstić information content (AvgIpc) is 3.49. The first kappa shape index (κ1) is 17.5. The number of benzene rings is 2. The van der Waals surface area contributed by atoms with Crippen molar-refractivity contribution < 1.29 is 13.9 Å². The largest absolute Gasteiger partial charge is 0.495 e. The van der Waals surface area contributed by atoms with Crippen molar-refractivity contribution in [2.24, 2.45) is 0 Å². The molecule has 2 aromatic carbocycles. The number of hydrogen-bond donors (Lipinski definition) is 2. The van der Waals surface area contributed by atoms with Crippen molar-refractivity contribution in [1.29, 1.82) is 0 Å². The zero-order valence-corrected chi connectivity index (χ0v) is 16.4. The van der Waals surface area contributed by atoms with Crippen LogP contribution in [0.25, 0.3) is 31.6 Å². The number of methoxy groups -OCH3 is 1. The van der Waals surface area contributed by atoms with E-state index in [4.69, 9.17) is 9.15 Å². The molecule has 2 N–H and O–H groups in total. The van der Waals surface area contributed by atoms with Crippen LogP contribution in [0.2, 0.25) is 0 Å². The van der Waals surface area contributed by atoms with Crippen LogP contribution in [0.4, 0.5) is 0 Å². The Kier molecular flexibility index (Phi) is 4.29. The Hall–Kier alpha value is -3.58. The predicted octanol–water partition coefficient (Wildman–Crippen LogP) is 4.98. The van der Waals surface area contributed by atoms with Crippen molar-refractivity contribution in [3.63, 3.8) is 0 Å². The summed E-state index contributed by atoms with van der Waals surface area (Å²) in [4.78, 5) is 13.8. The molecule has 0 aliphatic rings. The Morgan fingerprint density at radius 1 is 1.24 bits per heavy atom. The minimum atomic E-state index is -0.214. The number of fused-ring (bicyclic) bond motifs is 2. The molecular formula is C22H17N3O3S. The minimum Gasteiger partial charge on any atom is -0.495 e. The van der Waals surface area contributed by atoms with Gasteiger partial charge < -0.3 is 14.5 Å². The van der Waals surface area contributed by atoms with Crippen LogP contribution in [0.3, 0.4) is 0 Å². The molecule has 7 heteroatoms. The lowest BCUT2D eigenvalue weighted by Crippen LogP contribution is -2.23. The number of nitrogens with zero attached hydrogens (tertiary/aromatic N) is 1. The van der Waals surface area contributed by atoms with Crippen LogP contribution in [0.15, 0.2) is 65.5 Å². The zero-order valence-electron chi connectivity index (χ0n) is 15.6. The number of nitrogens with one attached hydrogen (secondary N) is 2. The van der Waals surface area contributed by atoms with Gasteiger partial charge in [-0.1, -0.05) is 18.2 Å². The molecule has 144 valence electrons. The summed E-state index contributed by atoms with van der Waals surface area (Å²) in [7, 11) is 1.57. The van der Waals surface area contributed by atoms with Crippen LogP contribution in [0, 0.1) is 0 Å². The third-order valence-electron chi connectivity index (χ3n) is 4.82. The first-order valence-electron chi connectivity index (χ1n) is 9.08. The Balaban J connectivity index is 1.58. The second kappa shape index (κ2) is 7.10. The van der Waals surface area contributed by atoms with Gasteiger partial charge in [0, 0.05) is 16.8 Å². The first-order chi connectivity index (χ1) is 14.2. The molecule has 0 bridgehead atoms. The van der Waals surface area contributed by atoms with Gasteiger partial charge >= 0.3 is 0 Å². The zero-order chi connectivity index (χ0) is 19.8. The second-order valence-electron chi connectivity index (χ2n) is 6.60. The number of hydrogen-bond acceptors (Lipinski definition) is 5. The summed E-state index contributed by atoms with van der Waals surface area (Å²) >= 11 is 1.66. The van der Waals surface area contributed by atoms with Gasteiger partial charge in [0.1, 0.15) is 11.4 Å². The maximum absolute atomic E-state index is 12.8. The Morgan fingerprint density at radius 3 is 2.93 bits per heavy atom. The molecule has 0 fully saturated rings. The molecule has 0 aliphatic heterocycles. The number of rotatable bonds is 5. The summed E-state index contributed by atoms with van der Waals surface area (Å²) < 4.78 is 11.9. The molecule has 3 heterocycles. The normalized spacial score (nSPS) is 11.2. The number of amides is 1. The Bertz CT molecular complexity index is 1290. The topological polar surface area (TPSA) is 80.1 Å². The van der Waals surface area contributed by atoms with E-state index in [1.807, 2.05) is 24.3 Å². The van der Waals surface area contributed by atoms with Gasteiger partial charge in [-0.05, 0) is 35.7 Å². The predicted molar refractivity (Wildman–Crippen MR) is 113 cm³/mol. The molecule has 0 saturated carbocycles. The van der Waals surface area contributed by atoms with Crippen LogP contribution in [-0.2, 0) is 6.54 Å². The summed E-state index contributed by atoms with van der Waals surface area (Å²) in [5.41, 5.74) is 2.96. The molecule has 0 radical (unpaired) electrons. The smallest absolute Gasteiger partial charge is 0.255 e. The summed E-state index contributed by atoms with van der Waals surface area (Å²) in [6, 6.07) is 15.7. The van der Waals surface area contributed by atoms with E-state index in [1.54, 1.807) is 37.0 Å². The number of ether oxygens (including phenoxy) is 1. The van der Waals surface area contributed by atoms with Gasteiger partial charge in [-0.3, -0.25) is 9.89 Å². The molecule has 0 aliphatic carbocycles. The van der Waals surface area contributed by atoms with Gasteiger partial charge in [0.05, 0.1) is 41.0 Å². The maximum Gasteiger partial charge on any atom is 0.255 e. The van der Waals surface area contributed by atoms with Gasteiger partial charge in [0.15, 0.2) is 0 Å². The summed E-state index contributed by atoms with van der Waals surface area (Å²) in [6.07, 6.45) is 3.19. The molecule has 0 spiro atoms. The molecular weight excluding hydrogens is 386 g/mol. The van der Waals surface area contributed by atoms with Gasteiger partial charge in [-0.2, -0.15) is 5.10 Å². The van der Waals surface area contributed by atoms with E-state index in [9.17, 15) is 4.79 Å². The third-order valence-corrected chi connectivity index (χ3v) is 5.95. The van der Waals surface area contributed by atoms with Crippen molar-refractivity contribution in [3.05, 3.63) is 72.2 Å². The van der Waals surface area contributed by atoms with E-state index in [0.717, 1.165) is 32.4 Å². The number of H-pyrrole nitrogens is 1. The quantitative estimate of drug-likeness (QED) is 0.434. The highest BCUT2D eigenvalue weighted by Gasteiger charge is 2.21. The molecule has 5 aromatic rings. The number of aromatic nitrogens is 2. The monoisotopic (exact) mass is 403 g/mol. The number of thiophene rings is 1. The second-order valence-corrected chi connectivity index (χ2v) is 7.69. The van der Waals surface area contributed by atoms with Gasteiger partial charge in [-0.15, -0.1) is 11.3 Å². The van der Waals surface area contributed by atoms with Gasteiger partial charge in [-0.25, -0.2) is 0 Å². The fourth-order valence-corrected chi connectivity index (χ4v) is 4.48. The SMILES string of the molecule is COc1c(C(=O)NCc2ccoc2)ccc2[nH]nc(-c3cc4ccccc4s3)c12. The first-order valence-corrected chi connectivity index (χ1v) is 9.89. The van der Waals surface area contributed by atoms with Crippen molar-refractivity contribution in [2.45, 2.75) is 6.54 Å². The molecule has 0 unspecified atom stereocenters. The van der Waals surface area contributed by atoms with E-state index in [0.29, 0.717) is 17.9 Å². The van der Waals surface area contributed by atoms with E-state index < -0.39 is 0 Å². The van der Waals surface area contributed by atoms with Crippen LogP contribution in [-0.4, -0.2) is 23.2 Å². The summed E-state index contributed by atoms with van der Waals surface area (Å²) in [5.74, 6) is 0.293. The van der Waals surface area contributed by atoms with Gasteiger partial charge in [0.2, 0.25) is 0 Å². The standard InChI is InChI=1S/C22H17N3O3S/c1-27-21-15(22(26)23-11-13-8-9-28-12-13)6-7-16-19(21)20(25-24-16)18-10-14-4-2-3-5-17(14)29-18/h2-10,12H,11H2,1H3,(H,23,26)(H,24,25). The van der Waals surface area contributed by atoms with Crippen LogP contribution < -0.4 is 10.1 Å². The molecule has 29 heavy (non-hydrogen) atoms. The number of furan rings is 1. The average molecular weight is 403 g/mol. The molecule has 6 nitrogen and oxygen atoms in total. The summed E-state index contributed by atoms with van der Waals surface area (Å²) in [5, 5.41) is 12.4. The van der Waals surface area contributed by atoms with Crippen molar-refractivity contribution in [3.8, 4) is 16.3 Å². The third kappa shape index (κ3) is 3.05. The molecule has 1 amide bonds. The van der Waals surface area contributed by atoms with E-state index in [-0.39, 0.29) is 5.91 Å². The van der Waals surface area contributed by atoms with Crippen molar-refractivity contribution >= 4 is 38.2 Å². The highest BCUT2D eigenvalue weighted by molar-refractivity contribution is 7.22. The number of carbonyl (C=O) groups is 1. The number of aromatic amines is 1. The minimum absolute atomic E-state index is 0.214. The summed E-state index contributed by atoms with van der Waals surface area (Å²) in [6.45, 7) is 0.380. The van der Waals surface area contributed by atoms with Crippen LogP contribution in [0.5, 0.6) is 5.75 Å². The van der Waals surface area contributed by atoms with Gasteiger partial charge in [0.25, 0.3) is 5.91 Å². The van der Waals surface area contributed by atoms with E-state index in [1.165, 1.54) is 4.70 Å². The fourth-order valence-electron chi connectivity index (χ4n) is 3.42. The van der Waals surface area contributed by atoms with Crippen LogP contribution in [0.1, 0.15) is 15.9 Å². The molecule has 0 atom stereocenters. The van der Waals surface area contributed by atoms with E-state index in [2.05, 4.69) is 33.7 Å². The van der Waals surface area contributed by atoms with Crippen molar-refractivity contribution in [2.75, 3.05) is 7.11 Å². The van der Waals surface area contributed by atoms with E-state index >= 15 is 0 Å². The van der Waals surface area contributed by atoms with Crippen molar-refractivity contribution in [1.82, 2.24) is 15.5 Å². The highest BCUT2D eigenvalue weighted by Crippen LogP contribution is 2.40. The lowest BCUT2D eigenvalue weighted by molar-refractivity contribution is 0.0948. The molecule has 3 aromatic heterocycles.